The molecule has 0 aliphatic carbocycles. The number of aromatic nitrogens is 1. The number of nitrogens with zero attached hydrogens (tertiary/aromatic N) is 1. The molecule has 1 aromatic heterocycles. The summed E-state index contributed by atoms with van der Waals surface area (Å²) in [6.07, 6.45) is -9.05. The Balaban J connectivity index is 3.36. The Morgan fingerprint density at radius 1 is 1.45 bits per heavy atom. The summed E-state index contributed by atoms with van der Waals surface area (Å²) in [6.45, 7) is 0. The zero-order valence-corrected chi connectivity index (χ0v) is 9.87. The Morgan fingerprint density at radius 2 is 2.05 bits per heavy atom. The monoisotopic (exact) mass is 301 g/mol. The van der Waals surface area contributed by atoms with E-state index >= 15 is 0 Å². The zero-order chi connectivity index (χ0) is 15.5. The molecule has 0 spiro atoms. The van der Waals surface area contributed by atoms with Crippen molar-refractivity contribution < 1.29 is 41.3 Å². The average molecular weight is 301 g/mol. The van der Waals surface area contributed by atoms with Crippen molar-refractivity contribution in [3.8, 4) is 11.5 Å². The van der Waals surface area contributed by atoms with Crippen molar-refractivity contribution in [2.24, 2.45) is 0 Å². The normalized spacial score (nSPS) is 11.6. The average Bonchev–Trinajstić information content (AvgIpc) is 2.30. The molecule has 0 amide bonds. The third-order valence-corrected chi connectivity index (χ3v) is 2.10. The first-order chi connectivity index (χ1) is 9.15. The highest BCUT2D eigenvalue weighted by atomic mass is 19.4. The summed E-state index contributed by atoms with van der Waals surface area (Å²) in [4.78, 5) is 14.3. The lowest BCUT2D eigenvalue weighted by molar-refractivity contribution is -0.275. The lowest BCUT2D eigenvalue weighted by Crippen LogP contribution is -2.21. The van der Waals surface area contributed by atoms with Crippen LogP contribution in [0.5, 0.6) is 11.5 Å². The molecule has 0 radical (unpaired) electrons. The number of carbonyl (C=O) groups is 1. The maximum atomic E-state index is 12.7. The van der Waals surface area contributed by atoms with Crippen LogP contribution in [-0.2, 0) is 16.0 Å². The molecule has 0 unspecified atom stereocenters. The Kier molecular flexibility index (Phi) is 4.69. The summed E-state index contributed by atoms with van der Waals surface area (Å²) < 4.78 is 69.7. The van der Waals surface area contributed by atoms with Gasteiger partial charge in [-0.1, -0.05) is 0 Å². The molecule has 1 aromatic rings. The quantitative estimate of drug-likeness (QED) is 0.683. The number of methoxy groups -OCH3 is 1. The predicted octanol–water partition coefficient (Wildman–Crippen LogP) is 2.34. The minimum atomic E-state index is -5.29. The predicted molar refractivity (Wildman–Crippen MR) is 53.3 cm³/mol. The van der Waals surface area contributed by atoms with E-state index in [1.165, 1.54) is 0 Å². The Morgan fingerprint density at radius 3 is 2.50 bits per heavy atom. The number of alkyl halides is 5. The number of ether oxygens (including phenoxy) is 2. The van der Waals surface area contributed by atoms with Gasteiger partial charge in [0.25, 0.3) is 6.43 Å². The van der Waals surface area contributed by atoms with Crippen LogP contribution in [0, 0.1) is 0 Å². The lowest BCUT2D eigenvalue weighted by Gasteiger charge is -2.16. The Bertz CT molecular complexity index is 503. The summed E-state index contributed by atoms with van der Waals surface area (Å²) >= 11 is 0. The van der Waals surface area contributed by atoms with Gasteiger partial charge in [-0.05, 0) is 0 Å². The fraction of sp³-hybridized carbons (Fsp3) is 0.400. The Hall–Kier alpha value is -2.13. The van der Waals surface area contributed by atoms with Gasteiger partial charge in [-0.15, -0.1) is 13.2 Å². The van der Waals surface area contributed by atoms with E-state index in [0.29, 0.717) is 6.20 Å². The van der Waals surface area contributed by atoms with Crippen LogP contribution in [0.25, 0.3) is 0 Å². The van der Waals surface area contributed by atoms with Gasteiger partial charge in [0.2, 0.25) is 0 Å². The number of esters is 1. The molecule has 1 rings (SSSR count). The molecule has 0 aliphatic heterocycles. The van der Waals surface area contributed by atoms with Gasteiger partial charge < -0.3 is 14.6 Å². The van der Waals surface area contributed by atoms with Crippen LogP contribution in [0.3, 0.4) is 0 Å². The zero-order valence-electron chi connectivity index (χ0n) is 9.87. The number of hydrogen-bond acceptors (Lipinski definition) is 5. The molecule has 0 bridgehead atoms. The fourth-order valence-corrected chi connectivity index (χ4v) is 1.31. The van der Waals surface area contributed by atoms with Crippen LogP contribution in [0.4, 0.5) is 22.0 Å². The number of aromatic hydroxyl groups is 1. The summed E-state index contributed by atoms with van der Waals surface area (Å²) in [7, 11) is 0.959. The number of halogens is 5. The molecule has 0 fully saturated rings. The largest absolute Gasteiger partial charge is 0.573 e. The lowest BCUT2D eigenvalue weighted by atomic mass is 10.1. The maximum Gasteiger partial charge on any atom is 0.573 e. The van der Waals surface area contributed by atoms with Crippen LogP contribution < -0.4 is 4.74 Å². The molecule has 1 heterocycles. The van der Waals surface area contributed by atoms with Gasteiger partial charge in [-0.2, -0.15) is 0 Å². The molecule has 0 saturated heterocycles. The number of rotatable bonds is 4. The second-order valence-electron chi connectivity index (χ2n) is 3.43. The number of hydrogen-bond donors (Lipinski definition) is 1. The minimum Gasteiger partial charge on any atom is -0.506 e. The van der Waals surface area contributed by atoms with Crippen molar-refractivity contribution in [2.45, 2.75) is 19.2 Å². The molecule has 20 heavy (non-hydrogen) atoms. The molecule has 0 aromatic carbocycles. The van der Waals surface area contributed by atoms with Crippen LogP contribution in [0.15, 0.2) is 6.20 Å². The first kappa shape index (κ1) is 15.9. The summed E-state index contributed by atoms with van der Waals surface area (Å²) in [5, 5.41) is 9.17. The summed E-state index contributed by atoms with van der Waals surface area (Å²) in [6, 6.07) is 0. The van der Waals surface area contributed by atoms with Crippen molar-refractivity contribution in [3.05, 3.63) is 17.5 Å². The molecule has 5 nitrogen and oxygen atoms in total. The van der Waals surface area contributed by atoms with Crippen molar-refractivity contribution >= 4 is 5.97 Å². The van der Waals surface area contributed by atoms with Gasteiger partial charge in [-0.25, -0.2) is 8.78 Å². The van der Waals surface area contributed by atoms with Crippen molar-refractivity contribution in [1.29, 1.82) is 0 Å². The van der Waals surface area contributed by atoms with Gasteiger partial charge in [0, 0.05) is 0 Å². The van der Waals surface area contributed by atoms with E-state index in [1.54, 1.807) is 0 Å². The van der Waals surface area contributed by atoms with E-state index in [-0.39, 0.29) is 0 Å². The van der Waals surface area contributed by atoms with Gasteiger partial charge >= 0.3 is 12.3 Å². The topological polar surface area (TPSA) is 68.7 Å². The van der Waals surface area contributed by atoms with Gasteiger partial charge in [0.05, 0.1) is 25.4 Å². The third-order valence-electron chi connectivity index (χ3n) is 2.10. The Labute approximate surface area is 108 Å². The van der Waals surface area contributed by atoms with Crippen molar-refractivity contribution in [3.63, 3.8) is 0 Å². The van der Waals surface area contributed by atoms with Crippen LogP contribution >= 0.6 is 0 Å². The molecule has 10 heteroatoms. The first-order valence-corrected chi connectivity index (χ1v) is 4.97. The van der Waals surface area contributed by atoms with Gasteiger partial charge in [0.15, 0.2) is 5.75 Å². The SMILES string of the molecule is COC(=O)Cc1ncc(O)c(C(F)F)c1OC(F)(F)F. The van der Waals surface area contributed by atoms with Crippen molar-refractivity contribution in [1.82, 2.24) is 4.98 Å². The molecule has 1 N–H and O–H groups in total. The van der Waals surface area contributed by atoms with E-state index in [2.05, 4.69) is 14.5 Å². The first-order valence-electron chi connectivity index (χ1n) is 4.97. The molecule has 0 aliphatic rings. The summed E-state index contributed by atoms with van der Waals surface area (Å²) in [5.41, 5.74) is -2.11. The van der Waals surface area contributed by atoms with E-state index in [1.807, 2.05) is 0 Å². The third kappa shape index (κ3) is 3.93. The van der Waals surface area contributed by atoms with Gasteiger partial charge in [0.1, 0.15) is 11.3 Å². The molecule has 0 saturated carbocycles. The maximum absolute atomic E-state index is 12.7. The van der Waals surface area contributed by atoms with E-state index < -0.39 is 47.9 Å². The molecule has 0 atom stereocenters. The highest BCUT2D eigenvalue weighted by molar-refractivity contribution is 5.73. The van der Waals surface area contributed by atoms with Crippen LogP contribution in [-0.4, -0.2) is 29.5 Å². The molecular weight excluding hydrogens is 293 g/mol. The standard InChI is InChI=1S/C10H8F5NO4/c1-19-6(18)2-4-8(20-10(13,14)15)7(9(11)12)5(17)3-16-4/h3,9,17H,2H2,1H3. The smallest absolute Gasteiger partial charge is 0.506 e. The minimum absolute atomic E-state index is 0.503. The highest BCUT2D eigenvalue weighted by Crippen LogP contribution is 2.40. The number of pyridine rings is 1. The molecular formula is C10H8F5NO4. The van der Waals surface area contributed by atoms with E-state index in [4.69, 9.17) is 5.11 Å². The van der Waals surface area contributed by atoms with E-state index in [0.717, 1.165) is 7.11 Å². The van der Waals surface area contributed by atoms with E-state index in [9.17, 15) is 26.7 Å². The highest BCUT2D eigenvalue weighted by Gasteiger charge is 2.36. The second-order valence-corrected chi connectivity index (χ2v) is 3.43. The molecule has 112 valence electrons. The van der Waals surface area contributed by atoms with Crippen LogP contribution in [0.1, 0.15) is 17.7 Å². The number of carbonyl (C=O) groups excluding carboxylic acids is 1. The van der Waals surface area contributed by atoms with Crippen LogP contribution in [0.2, 0.25) is 0 Å². The fourth-order valence-electron chi connectivity index (χ4n) is 1.31. The summed E-state index contributed by atoms with van der Waals surface area (Å²) in [5.74, 6) is -3.58. The van der Waals surface area contributed by atoms with Gasteiger partial charge in [-0.3, -0.25) is 9.78 Å². The second kappa shape index (κ2) is 5.88. The van der Waals surface area contributed by atoms with Crippen molar-refractivity contribution in [2.75, 3.05) is 7.11 Å².